The van der Waals surface area contributed by atoms with Crippen LogP contribution in [0.3, 0.4) is 0 Å². The summed E-state index contributed by atoms with van der Waals surface area (Å²) in [4.78, 5) is 4.55. The van der Waals surface area contributed by atoms with Crippen LogP contribution < -0.4 is 5.32 Å². The molecule has 1 aromatic rings. The summed E-state index contributed by atoms with van der Waals surface area (Å²) in [5.41, 5.74) is 0. The number of nitrogens with one attached hydrogen (secondary N) is 1. The molecule has 1 aromatic heterocycles. The minimum atomic E-state index is 0.0501. The molecule has 1 N–H and O–H groups in total. The van der Waals surface area contributed by atoms with E-state index in [1.807, 2.05) is 11.8 Å². The number of nitrogens with zero attached hydrogens (tertiary/aromatic N) is 2. The zero-order chi connectivity index (χ0) is 12.4. The Labute approximate surface area is 111 Å². The van der Waals surface area contributed by atoms with Gasteiger partial charge in [-0.1, -0.05) is 12.1 Å². The van der Waals surface area contributed by atoms with Crippen LogP contribution >= 0.6 is 11.8 Å². The van der Waals surface area contributed by atoms with Gasteiger partial charge in [-0.25, -0.2) is 0 Å². The van der Waals surface area contributed by atoms with Crippen LogP contribution in [0.2, 0.25) is 0 Å². The zero-order valence-corrected chi connectivity index (χ0v) is 11.4. The van der Waals surface area contributed by atoms with Crippen LogP contribution in [0.1, 0.15) is 43.5 Å². The van der Waals surface area contributed by atoms with E-state index in [1.54, 1.807) is 0 Å². The maximum atomic E-state index is 5.58. The molecule has 6 heteroatoms. The molecule has 2 saturated heterocycles. The quantitative estimate of drug-likeness (QED) is 0.898. The molecule has 2 fully saturated rings. The van der Waals surface area contributed by atoms with Crippen LogP contribution in [0.15, 0.2) is 4.52 Å². The normalized spacial score (nSPS) is 32.2. The van der Waals surface area contributed by atoms with Gasteiger partial charge >= 0.3 is 0 Å². The van der Waals surface area contributed by atoms with E-state index in [2.05, 4.69) is 22.4 Å². The molecule has 100 valence electrons. The molecule has 0 aliphatic carbocycles. The molecular weight excluding hydrogens is 250 g/mol. The first-order chi connectivity index (χ1) is 8.88. The average Bonchev–Trinajstić information content (AvgIpc) is 3.10. The monoisotopic (exact) mass is 269 g/mol. The lowest BCUT2D eigenvalue weighted by Crippen LogP contribution is -2.34. The summed E-state index contributed by atoms with van der Waals surface area (Å²) in [6.45, 7) is 3.92. The van der Waals surface area contributed by atoms with Crippen molar-refractivity contribution in [2.45, 2.75) is 37.8 Å². The summed E-state index contributed by atoms with van der Waals surface area (Å²) in [6.07, 6.45) is 2.15. The second-order valence-electron chi connectivity index (χ2n) is 4.80. The maximum absolute atomic E-state index is 5.58. The fraction of sp³-hybridized carbons (Fsp3) is 0.833. The van der Waals surface area contributed by atoms with Crippen molar-refractivity contribution < 1.29 is 9.26 Å². The number of rotatable bonds is 4. The third kappa shape index (κ3) is 2.41. The summed E-state index contributed by atoms with van der Waals surface area (Å²) >= 11 is 1.95. The van der Waals surface area contributed by atoms with Gasteiger partial charge in [0.2, 0.25) is 11.7 Å². The molecule has 0 saturated carbocycles. The first-order valence-corrected chi connectivity index (χ1v) is 7.80. The Bertz CT molecular complexity index is 392. The largest absolute Gasteiger partial charge is 0.370 e. The summed E-state index contributed by atoms with van der Waals surface area (Å²) < 4.78 is 11.0. The highest BCUT2D eigenvalue weighted by atomic mass is 32.2. The minimum absolute atomic E-state index is 0.0501. The van der Waals surface area contributed by atoms with E-state index in [-0.39, 0.29) is 6.10 Å². The molecule has 3 heterocycles. The lowest BCUT2D eigenvalue weighted by Gasteiger charge is -2.15. The van der Waals surface area contributed by atoms with Gasteiger partial charge in [-0.15, -0.1) is 0 Å². The third-order valence-corrected chi connectivity index (χ3v) is 4.73. The SMILES string of the molecule is CCNC1CSCC1c1nc(C2CCCO2)no1. The van der Waals surface area contributed by atoms with Crippen LogP contribution in [0.5, 0.6) is 0 Å². The van der Waals surface area contributed by atoms with Crippen molar-refractivity contribution in [1.29, 1.82) is 0 Å². The van der Waals surface area contributed by atoms with Gasteiger partial charge in [0, 0.05) is 24.2 Å². The van der Waals surface area contributed by atoms with Gasteiger partial charge in [-0.05, 0) is 19.4 Å². The van der Waals surface area contributed by atoms with Crippen molar-refractivity contribution in [3.63, 3.8) is 0 Å². The topological polar surface area (TPSA) is 60.2 Å². The van der Waals surface area contributed by atoms with E-state index in [4.69, 9.17) is 9.26 Å². The van der Waals surface area contributed by atoms with E-state index in [0.717, 1.165) is 49.2 Å². The minimum Gasteiger partial charge on any atom is -0.370 e. The molecule has 0 aromatic carbocycles. The number of thioether (sulfide) groups is 1. The lowest BCUT2D eigenvalue weighted by molar-refractivity contribution is 0.103. The number of hydrogen-bond donors (Lipinski definition) is 1. The van der Waals surface area contributed by atoms with Crippen molar-refractivity contribution in [3.8, 4) is 0 Å². The Morgan fingerprint density at radius 1 is 1.44 bits per heavy atom. The predicted octanol–water partition coefficient (Wildman–Crippen LogP) is 1.73. The van der Waals surface area contributed by atoms with Gasteiger partial charge in [0.15, 0.2) is 0 Å². The molecule has 0 bridgehead atoms. The van der Waals surface area contributed by atoms with E-state index in [0.29, 0.717) is 12.0 Å². The molecule has 0 radical (unpaired) electrons. The number of ether oxygens (including phenoxy) is 1. The lowest BCUT2D eigenvalue weighted by atomic mass is 10.0. The predicted molar refractivity (Wildman–Crippen MR) is 69.8 cm³/mol. The van der Waals surface area contributed by atoms with Crippen molar-refractivity contribution in [3.05, 3.63) is 11.7 Å². The van der Waals surface area contributed by atoms with E-state index in [9.17, 15) is 0 Å². The Morgan fingerprint density at radius 2 is 2.39 bits per heavy atom. The van der Waals surface area contributed by atoms with Crippen LogP contribution in [0, 0.1) is 0 Å². The fourth-order valence-corrected chi connectivity index (χ4v) is 3.94. The smallest absolute Gasteiger partial charge is 0.232 e. The second kappa shape index (κ2) is 5.59. The highest BCUT2D eigenvalue weighted by molar-refractivity contribution is 7.99. The molecule has 0 amide bonds. The number of aromatic nitrogens is 2. The highest BCUT2D eigenvalue weighted by Crippen LogP contribution is 2.33. The Balaban J connectivity index is 1.71. The van der Waals surface area contributed by atoms with Crippen molar-refractivity contribution >= 4 is 11.8 Å². The van der Waals surface area contributed by atoms with Crippen LogP contribution in [0.4, 0.5) is 0 Å². The van der Waals surface area contributed by atoms with Gasteiger partial charge in [0.1, 0.15) is 6.10 Å². The van der Waals surface area contributed by atoms with E-state index in [1.165, 1.54) is 0 Å². The fourth-order valence-electron chi connectivity index (χ4n) is 2.57. The highest BCUT2D eigenvalue weighted by Gasteiger charge is 2.34. The second-order valence-corrected chi connectivity index (χ2v) is 5.88. The van der Waals surface area contributed by atoms with Gasteiger partial charge in [0.25, 0.3) is 0 Å². The van der Waals surface area contributed by atoms with Gasteiger partial charge in [-0.3, -0.25) is 0 Å². The van der Waals surface area contributed by atoms with Crippen LogP contribution in [-0.4, -0.2) is 40.8 Å². The Kier molecular flexibility index (Phi) is 3.86. The molecule has 3 atom stereocenters. The molecule has 2 aliphatic rings. The standard InChI is InChI=1S/C12H19N3O2S/c1-2-13-9-7-18-6-8(9)12-14-11(15-17-12)10-4-3-5-16-10/h8-10,13H,2-7H2,1H3. The van der Waals surface area contributed by atoms with Crippen molar-refractivity contribution in [2.75, 3.05) is 24.7 Å². The van der Waals surface area contributed by atoms with Gasteiger partial charge in [0.05, 0.1) is 5.92 Å². The molecular formula is C12H19N3O2S. The summed E-state index contributed by atoms with van der Waals surface area (Å²) in [5, 5.41) is 7.58. The molecule has 3 rings (SSSR count). The Hall–Kier alpha value is -0.590. The Morgan fingerprint density at radius 3 is 3.17 bits per heavy atom. The van der Waals surface area contributed by atoms with Crippen LogP contribution in [-0.2, 0) is 4.74 Å². The summed E-state index contributed by atoms with van der Waals surface area (Å²) in [7, 11) is 0. The van der Waals surface area contributed by atoms with Crippen LogP contribution in [0.25, 0.3) is 0 Å². The van der Waals surface area contributed by atoms with E-state index < -0.39 is 0 Å². The number of likely N-dealkylation sites (N-methyl/N-ethyl adjacent to an activating group) is 1. The van der Waals surface area contributed by atoms with E-state index >= 15 is 0 Å². The molecule has 5 nitrogen and oxygen atoms in total. The average molecular weight is 269 g/mol. The summed E-state index contributed by atoms with van der Waals surface area (Å²) in [6, 6.07) is 0.456. The van der Waals surface area contributed by atoms with Crippen molar-refractivity contribution in [2.24, 2.45) is 0 Å². The molecule has 0 spiro atoms. The molecule has 2 aliphatic heterocycles. The molecule has 18 heavy (non-hydrogen) atoms. The summed E-state index contributed by atoms with van der Waals surface area (Å²) in [5.74, 6) is 4.03. The van der Waals surface area contributed by atoms with Gasteiger partial charge in [-0.2, -0.15) is 16.7 Å². The number of hydrogen-bond acceptors (Lipinski definition) is 6. The zero-order valence-electron chi connectivity index (χ0n) is 10.6. The van der Waals surface area contributed by atoms with Gasteiger partial charge < -0.3 is 14.6 Å². The maximum Gasteiger partial charge on any atom is 0.232 e. The first kappa shape index (κ1) is 12.4. The first-order valence-electron chi connectivity index (χ1n) is 6.64. The third-order valence-electron chi connectivity index (χ3n) is 3.54. The van der Waals surface area contributed by atoms with Crippen molar-refractivity contribution in [1.82, 2.24) is 15.5 Å². The molecule has 3 unspecified atom stereocenters.